The van der Waals surface area contributed by atoms with Crippen LogP contribution in [0, 0.1) is 11.3 Å². The average Bonchev–Trinajstić information content (AvgIpc) is 2.23. The molecule has 2 heterocycles. The van der Waals surface area contributed by atoms with E-state index in [1.165, 1.54) is 6.07 Å². The van der Waals surface area contributed by atoms with Crippen molar-refractivity contribution in [2.75, 3.05) is 5.75 Å². The maximum absolute atomic E-state index is 11.5. The van der Waals surface area contributed by atoms with Gasteiger partial charge in [0.15, 0.2) is 20.6 Å². The molecule has 1 aliphatic rings. The zero-order valence-corrected chi connectivity index (χ0v) is 8.41. The third kappa shape index (κ3) is 1.51. The van der Waals surface area contributed by atoms with Gasteiger partial charge >= 0.3 is 0 Å². The van der Waals surface area contributed by atoms with Gasteiger partial charge in [0.1, 0.15) is 6.07 Å². The molecule has 2 rings (SSSR count). The SMILES string of the molecule is N#Cc1cnc2c(c1)C(=O)CCS2(=O)=O. The number of pyridine rings is 1. The van der Waals surface area contributed by atoms with E-state index in [0.717, 1.165) is 6.20 Å². The molecule has 76 valence electrons. The molecule has 0 spiro atoms. The summed E-state index contributed by atoms with van der Waals surface area (Å²) in [5.74, 6) is -0.470. The number of aromatic nitrogens is 1. The number of fused-ring (bicyclic) bond motifs is 1. The standard InChI is InChI=1S/C9H6N2O3S/c10-4-6-3-7-8(12)1-2-15(13,14)9(7)11-5-6/h3,5H,1-2H2. The van der Waals surface area contributed by atoms with Crippen LogP contribution in [0.5, 0.6) is 0 Å². The van der Waals surface area contributed by atoms with Gasteiger partial charge in [-0.1, -0.05) is 0 Å². The first-order valence-corrected chi connectivity index (χ1v) is 5.86. The Labute approximate surface area is 86.3 Å². The van der Waals surface area contributed by atoms with Gasteiger partial charge in [-0.15, -0.1) is 0 Å². The Balaban J connectivity index is 2.75. The predicted molar refractivity (Wildman–Crippen MR) is 50.0 cm³/mol. The lowest BCUT2D eigenvalue weighted by atomic mass is 10.1. The van der Waals surface area contributed by atoms with Crippen LogP contribution in [0.25, 0.3) is 0 Å². The van der Waals surface area contributed by atoms with Crippen LogP contribution in [0.4, 0.5) is 0 Å². The van der Waals surface area contributed by atoms with Crippen molar-refractivity contribution in [2.24, 2.45) is 0 Å². The van der Waals surface area contributed by atoms with E-state index in [0.29, 0.717) is 0 Å². The molecule has 0 N–H and O–H groups in total. The summed E-state index contributed by atoms with van der Waals surface area (Å²) in [6, 6.07) is 3.09. The summed E-state index contributed by atoms with van der Waals surface area (Å²) in [6.45, 7) is 0. The maximum Gasteiger partial charge on any atom is 0.196 e. The average molecular weight is 222 g/mol. The Morgan fingerprint density at radius 3 is 2.87 bits per heavy atom. The number of ketones is 1. The van der Waals surface area contributed by atoms with Crippen molar-refractivity contribution in [1.82, 2.24) is 4.98 Å². The van der Waals surface area contributed by atoms with E-state index in [1.54, 1.807) is 0 Å². The summed E-state index contributed by atoms with van der Waals surface area (Å²) < 4.78 is 23.0. The quantitative estimate of drug-likeness (QED) is 0.630. The van der Waals surface area contributed by atoms with Crippen molar-refractivity contribution in [3.8, 4) is 6.07 Å². The molecule has 6 heteroatoms. The molecule has 0 bridgehead atoms. The van der Waals surface area contributed by atoms with Gasteiger partial charge in [0.05, 0.1) is 16.9 Å². The van der Waals surface area contributed by atoms with Gasteiger partial charge < -0.3 is 0 Å². The second kappa shape index (κ2) is 3.14. The van der Waals surface area contributed by atoms with Crippen LogP contribution in [-0.2, 0) is 9.84 Å². The van der Waals surface area contributed by atoms with Crippen molar-refractivity contribution in [1.29, 1.82) is 5.26 Å². The number of carbonyl (C=O) groups is 1. The highest BCUT2D eigenvalue weighted by Crippen LogP contribution is 2.23. The number of rotatable bonds is 0. The zero-order valence-electron chi connectivity index (χ0n) is 7.60. The number of Topliss-reactive ketones (excluding diaryl/α,β-unsaturated/α-hetero) is 1. The largest absolute Gasteiger partial charge is 0.294 e. The molecule has 0 radical (unpaired) electrons. The van der Waals surface area contributed by atoms with E-state index in [-0.39, 0.29) is 34.1 Å². The van der Waals surface area contributed by atoms with E-state index in [1.807, 2.05) is 6.07 Å². The van der Waals surface area contributed by atoms with E-state index in [4.69, 9.17) is 5.26 Å². The van der Waals surface area contributed by atoms with Gasteiger partial charge in [0.25, 0.3) is 0 Å². The molecule has 1 aromatic rings. The van der Waals surface area contributed by atoms with E-state index < -0.39 is 9.84 Å². The number of hydrogen-bond acceptors (Lipinski definition) is 5. The summed E-state index contributed by atoms with van der Waals surface area (Å²) in [5.41, 5.74) is 0.236. The molecule has 0 unspecified atom stereocenters. The first-order chi connectivity index (χ1) is 7.04. The van der Waals surface area contributed by atoms with Crippen molar-refractivity contribution in [3.63, 3.8) is 0 Å². The molecule has 0 amide bonds. The highest BCUT2D eigenvalue weighted by Gasteiger charge is 2.30. The fraction of sp³-hybridized carbons (Fsp3) is 0.222. The third-order valence-electron chi connectivity index (χ3n) is 2.17. The number of hydrogen-bond donors (Lipinski definition) is 0. The van der Waals surface area contributed by atoms with Crippen molar-refractivity contribution in [3.05, 3.63) is 23.4 Å². The van der Waals surface area contributed by atoms with Crippen molar-refractivity contribution in [2.45, 2.75) is 11.4 Å². The molecular formula is C9H6N2O3S. The van der Waals surface area contributed by atoms with Gasteiger partial charge in [-0.25, -0.2) is 13.4 Å². The molecule has 15 heavy (non-hydrogen) atoms. The Bertz CT molecular complexity index is 584. The lowest BCUT2D eigenvalue weighted by Gasteiger charge is -2.13. The van der Waals surface area contributed by atoms with Crippen molar-refractivity contribution >= 4 is 15.6 Å². The summed E-state index contributed by atoms with van der Waals surface area (Å²) >= 11 is 0. The summed E-state index contributed by atoms with van der Waals surface area (Å²) in [5, 5.41) is 8.41. The van der Waals surface area contributed by atoms with E-state index >= 15 is 0 Å². The van der Waals surface area contributed by atoms with Gasteiger partial charge in [-0.3, -0.25) is 4.79 Å². The predicted octanol–water partition coefficient (Wildman–Crippen LogP) is 0.313. The summed E-state index contributed by atoms with van der Waals surface area (Å²) in [4.78, 5) is 15.1. The highest BCUT2D eigenvalue weighted by atomic mass is 32.2. The minimum atomic E-state index is -3.44. The number of nitrogens with zero attached hydrogens (tertiary/aromatic N) is 2. The van der Waals surface area contributed by atoms with Gasteiger partial charge in [0, 0.05) is 12.6 Å². The van der Waals surface area contributed by atoms with Crippen LogP contribution in [0.1, 0.15) is 22.3 Å². The first kappa shape index (κ1) is 9.80. The fourth-order valence-corrected chi connectivity index (χ4v) is 2.79. The molecule has 0 fully saturated rings. The van der Waals surface area contributed by atoms with Gasteiger partial charge in [0.2, 0.25) is 0 Å². The van der Waals surface area contributed by atoms with Crippen LogP contribution < -0.4 is 0 Å². The molecule has 0 aromatic carbocycles. The lowest BCUT2D eigenvalue weighted by molar-refractivity contribution is 0.0982. The Morgan fingerprint density at radius 1 is 1.47 bits per heavy atom. The molecule has 1 aromatic heterocycles. The Hall–Kier alpha value is -1.74. The Kier molecular flexibility index (Phi) is 2.05. The smallest absolute Gasteiger partial charge is 0.196 e. The minimum Gasteiger partial charge on any atom is -0.294 e. The van der Waals surface area contributed by atoms with Crippen LogP contribution in [-0.4, -0.2) is 24.9 Å². The van der Waals surface area contributed by atoms with Crippen LogP contribution in [0.15, 0.2) is 17.3 Å². The zero-order chi connectivity index (χ0) is 11.1. The van der Waals surface area contributed by atoms with Crippen molar-refractivity contribution < 1.29 is 13.2 Å². The number of carbonyl (C=O) groups excluding carboxylic acids is 1. The van der Waals surface area contributed by atoms with E-state index in [2.05, 4.69) is 4.98 Å². The fourth-order valence-electron chi connectivity index (χ4n) is 1.42. The highest BCUT2D eigenvalue weighted by molar-refractivity contribution is 7.91. The van der Waals surface area contributed by atoms with E-state index in [9.17, 15) is 13.2 Å². The summed E-state index contributed by atoms with van der Waals surface area (Å²) in [6.07, 6.45) is 1.13. The maximum atomic E-state index is 11.5. The third-order valence-corrected chi connectivity index (χ3v) is 3.83. The molecular weight excluding hydrogens is 216 g/mol. The number of sulfone groups is 1. The monoisotopic (exact) mass is 222 g/mol. The van der Waals surface area contributed by atoms with Crippen LogP contribution in [0.3, 0.4) is 0 Å². The molecule has 0 atom stereocenters. The molecule has 0 saturated carbocycles. The number of nitriles is 1. The van der Waals surface area contributed by atoms with Gasteiger partial charge in [-0.2, -0.15) is 5.26 Å². The minimum absolute atomic E-state index is 0.0358. The lowest BCUT2D eigenvalue weighted by Crippen LogP contribution is -2.22. The topological polar surface area (TPSA) is 87.9 Å². The second-order valence-electron chi connectivity index (χ2n) is 3.18. The molecule has 0 saturated heterocycles. The summed E-state index contributed by atoms with van der Waals surface area (Å²) in [7, 11) is -3.44. The molecule has 5 nitrogen and oxygen atoms in total. The van der Waals surface area contributed by atoms with Gasteiger partial charge in [-0.05, 0) is 6.07 Å². The second-order valence-corrected chi connectivity index (χ2v) is 5.21. The first-order valence-electron chi connectivity index (χ1n) is 4.21. The normalized spacial score (nSPS) is 17.9. The Morgan fingerprint density at radius 2 is 2.20 bits per heavy atom. The molecule has 0 aliphatic carbocycles. The van der Waals surface area contributed by atoms with Crippen LogP contribution >= 0.6 is 0 Å². The molecule has 1 aliphatic heterocycles. The van der Waals surface area contributed by atoms with Crippen LogP contribution in [0.2, 0.25) is 0 Å².